The Bertz CT molecular complexity index is 56.3. The van der Waals surface area contributed by atoms with Crippen molar-refractivity contribution in [3.63, 3.8) is 0 Å². The molecule has 0 fully saturated rings. The van der Waals surface area contributed by atoms with Crippen LogP contribution in [0.3, 0.4) is 0 Å². The third-order valence-electron chi connectivity index (χ3n) is 0.680. The van der Waals surface area contributed by atoms with Crippen molar-refractivity contribution in [2.24, 2.45) is 0 Å². The molecular weight excluding hydrogens is 140 g/mol. The second-order valence-corrected chi connectivity index (χ2v) is 2.14. The first kappa shape index (κ1) is 8.08. The highest BCUT2D eigenvalue weighted by Gasteiger charge is 2.23. The van der Waals surface area contributed by atoms with E-state index in [-0.39, 0.29) is 0 Å². The van der Waals surface area contributed by atoms with Crippen LogP contribution in [0.1, 0.15) is 6.92 Å². The Kier molecular flexibility index (Phi) is 3.21. The van der Waals surface area contributed by atoms with Crippen LogP contribution in [0, 0.1) is 0 Å². The summed E-state index contributed by atoms with van der Waals surface area (Å²) in [5, 5.41) is -1.10. The first-order valence-electron chi connectivity index (χ1n) is 2.12. The van der Waals surface area contributed by atoms with Crippen LogP contribution in [0.25, 0.3) is 0 Å². The fraction of sp³-hybridized carbons (Fsp3) is 1.00. The Balaban J connectivity index is 3.46. The fourth-order valence-corrected chi connectivity index (χ4v) is 0.310. The minimum atomic E-state index is -2.96. The lowest BCUT2D eigenvalue weighted by molar-refractivity contribution is 0.0502. The molecule has 0 saturated carbocycles. The highest BCUT2D eigenvalue weighted by molar-refractivity contribution is 6.20. The molecule has 0 nitrogen and oxygen atoms in total. The Hall–Kier alpha value is 0.0800. The SMILES string of the molecule is CC(Cl)C(F)C(F)F. The van der Waals surface area contributed by atoms with E-state index >= 15 is 0 Å². The Labute approximate surface area is 50.6 Å². The molecule has 0 rings (SSSR count). The van der Waals surface area contributed by atoms with E-state index in [2.05, 4.69) is 0 Å². The summed E-state index contributed by atoms with van der Waals surface area (Å²) in [6.45, 7) is 1.19. The minimum Gasteiger partial charge on any atom is -0.240 e. The molecule has 0 aliphatic carbocycles. The molecular formula is C4H6ClF3. The van der Waals surface area contributed by atoms with Crippen molar-refractivity contribution in [2.45, 2.75) is 24.9 Å². The Morgan fingerprint density at radius 2 is 1.62 bits per heavy atom. The van der Waals surface area contributed by atoms with E-state index in [4.69, 9.17) is 11.6 Å². The van der Waals surface area contributed by atoms with Gasteiger partial charge in [-0.3, -0.25) is 0 Å². The standard InChI is InChI=1S/C4H6ClF3/c1-2(5)3(6)4(7)8/h2-4H,1H3. The molecule has 0 saturated heterocycles. The lowest BCUT2D eigenvalue weighted by Gasteiger charge is -2.06. The van der Waals surface area contributed by atoms with Gasteiger partial charge in [0.05, 0.1) is 5.38 Å². The van der Waals surface area contributed by atoms with Gasteiger partial charge in [0.15, 0.2) is 6.17 Å². The number of hydrogen-bond acceptors (Lipinski definition) is 0. The molecule has 0 aromatic carbocycles. The lowest BCUT2D eigenvalue weighted by Crippen LogP contribution is -2.20. The van der Waals surface area contributed by atoms with Gasteiger partial charge in [-0.2, -0.15) is 0 Å². The van der Waals surface area contributed by atoms with Crippen LogP contribution < -0.4 is 0 Å². The number of rotatable bonds is 2. The quantitative estimate of drug-likeness (QED) is 0.524. The Morgan fingerprint density at radius 3 is 1.62 bits per heavy atom. The molecule has 0 bridgehead atoms. The molecule has 0 radical (unpaired) electrons. The maximum Gasteiger partial charge on any atom is 0.270 e. The van der Waals surface area contributed by atoms with Crippen LogP contribution in [0.2, 0.25) is 0 Å². The van der Waals surface area contributed by atoms with Crippen LogP contribution >= 0.6 is 11.6 Å². The minimum absolute atomic E-state index is 1.10. The third-order valence-corrected chi connectivity index (χ3v) is 0.920. The van der Waals surface area contributed by atoms with Gasteiger partial charge in [0.25, 0.3) is 6.43 Å². The largest absolute Gasteiger partial charge is 0.270 e. The van der Waals surface area contributed by atoms with Crippen molar-refractivity contribution in [3.05, 3.63) is 0 Å². The van der Waals surface area contributed by atoms with Gasteiger partial charge in [0.2, 0.25) is 0 Å². The third kappa shape index (κ3) is 2.40. The molecule has 2 unspecified atom stereocenters. The highest BCUT2D eigenvalue weighted by Crippen LogP contribution is 2.13. The van der Waals surface area contributed by atoms with Crippen molar-refractivity contribution < 1.29 is 13.2 Å². The molecule has 0 amide bonds. The van der Waals surface area contributed by atoms with E-state index in [1.165, 1.54) is 6.92 Å². The summed E-state index contributed by atoms with van der Waals surface area (Å²) < 4.78 is 34.2. The van der Waals surface area contributed by atoms with Crippen molar-refractivity contribution in [2.75, 3.05) is 0 Å². The highest BCUT2D eigenvalue weighted by atomic mass is 35.5. The average molecular weight is 147 g/mol. The second-order valence-electron chi connectivity index (χ2n) is 1.46. The second kappa shape index (κ2) is 3.17. The van der Waals surface area contributed by atoms with Crippen molar-refractivity contribution >= 4 is 11.6 Å². The molecule has 0 aromatic heterocycles. The average Bonchev–Trinajstić information content (AvgIpc) is 1.64. The summed E-state index contributed by atoms with van der Waals surface area (Å²) in [4.78, 5) is 0. The fourth-order valence-electron chi connectivity index (χ4n) is 0.200. The van der Waals surface area contributed by atoms with E-state index < -0.39 is 18.0 Å². The van der Waals surface area contributed by atoms with Gasteiger partial charge in [-0.25, -0.2) is 13.2 Å². The van der Waals surface area contributed by atoms with Crippen LogP contribution in [0.15, 0.2) is 0 Å². The van der Waals surface area contributed by atoms with Gasteiger partial charge in [-0.05, 0) is 6.92 Å². The predicted octanol–water partition coefficient (Wildman–Crippen LogP) is 2.22. The molecule has 2 atom stereocenters. The first-order valence-corrected chi connectivity index (χ1v) is 2.55. The van der Waals surface area contributed by atoms with E-state index in [9.17, 15) is 13.2 Å². The molecule has 4 heteroatoms. The number of halogens is 4. The topological polar surface area (TPSA) is 0 Å². The van der Waals surface area contributed by atoms with E-state index in [1.807, 2.05) is 0 Å². The predicted molar refractivity (Wildman–Crippen MR) is 26.2 cm³/mol. The lowest BCUT2D eigenvalue weighted by atomic mass is 10.3. The summed E-state index contributed by atoms with van der Waals surface area (Å²) in [7, 11) is 0. The van der Waals surface area contributed by atoms with Gasteiger partial charge in [-0.15, -0.1) is 11.6 Å². The van der Waals surface area contributed by atoms with Gasteiger partial charge in [0, 0.05) is 0 Å². The molecule has 0 spiro atoms. The van der Waals surface area contributed by atoms with Crippen molar-refractivity contribution in [1.82, 2.24) is 0 Å². The van der Waals surface area contributed by atoms with Gasteiger partial charge in [-0.1, -0.05) is 0 Å². The van der Waals surface area contributed by atoms with Gasteiger partial charge < -0.3 is 0 Å². The molecule has 50 valence electrons. The normalized spacial score (nSPS) is 18.8. The zero-order chi connectivity index (χ0) is 6.73. The summed E-state index contributed by atoms with van der Waals surface area (Å²) >= 11 is 4.97. The molecule has 8 heavy (non-hydrogen) atoms. The number of alkyl halides is 4. The van der Waals surface area contributed by atoms with Gasteiger partial charge in [0.1, 0.15) is 0 Å². The zero-order valence-electron chi connectivity index (χ0n) is 4.24. The molecule has 0 aliphatic heterocycles. The maximum absolute atomic E-state index is 11.8. The van der Waals surface area contributed by atoms with Crippen molar-refractivity contribution in [1.29, 1.82) is 0 Å². The smallest absolute Gasteiger partial charge is 0.240 e. The molecule has 0 aliphatic rings. The molecule has 0 heterocycles. The van der Waals surface area contributed by atoms with Crippen LogP contribution in [0.5, 0.6) is 0 Å². The monoisotopic (exact) mass is 146 g/mol. The van der Waals surface area contributed by atoms with E-state index in [0.29, 0.717) is 0 Å². The molecule has 0 aromatic rings. The van der Waals surface area contributed by atoms with Gasteiger partial charge >= 0.3 is 0 Å². The van der Waals surface area contributed by atoms with Crippen LogP contribution in [-0.2, 0) is 0 Å². The van der Waals surface area contributed by atoms with E-state index in [1.54, 1.807) is 0 Å². The van der Waals surface area contributed by atoms with Crippen LogP contribution in [0.4, 0.5) is 13.2 Å². The molecule has 0 N–H and O–H groups in total. The Morgan fingerprint density at radius 1 is 1.25 bits per heavy atom. The summed E-state index contributed by atoms with van der Waals surface area (Å²) in [5.41, 5.74) is 0. The van der Waals surface area contributed by atoms with Crippen molar-refractivity contribution in [3.8, 4) is 0 Å². The summed E-state index contributed by atoms with van der Waals surface area (Å²) in [6.07, 6.45) is -5.15. The summed E-state index contributed by atoms with van der Waals surface area (Å²) in [5.74, 6) is 0. The van der Waals surface area contributed by atoms with E-state index in [0.717, 1.165) is 0 Å². The zero-order valence-corrected chi connectivity index (χ0v) is 5.00. The summed E-state index contributed by atoms with van der Waals surface area (Å²) in [6, 6.07) is 0. The van der Waals surface area contributed by atoms with Crippen LogP contribution in [-0.4, -0.2) is 18.0 Å². The maximum atomic E-state index is 11.8. The first-order chi connectivity index (χ1) is 3.55. The number of hydrogen-bond donors (Lipinski definition) is 0.